The number of urea groups is 1. The molecule has 3 aliphatic rings. The molecule has 1 aromatic rings. The predicted molar refractivity (Wildman–Crippen MR) is 86.0 cm³/mol. The van der Waals surface area contributed by atoms with Crippen LogP contribution in [0.15, 0.2) is 12.3 Å². The lowest BCUT2D eigenvalue weighted by molar-refractivity contribution is 0.00858. The first-order valence-corrected chi connectivity index (χ1v) is 8.22. The molecule has 2 amide bonds. The van der Waals surface area contributed by atoms with E-state index in [0.29, 0.717) is 22.7 Å². The summed E-state index contributed by atoms with van der Waals surface area (Å²) in [5, 5.41) is 16.2. The number of aryl methyl sites for hydroxylation is 1. The number of nitrogens with one attached hydrogen (secondary N) is 2. The van der Waals surface area contributed by atoms with Gasteiger partial charge in [0.15, 0.2) is 0 Å². The Hall–Kier alpha value is -1.33. The highest BCUT2D eigenvalue weighted by Gasteiger charge is 2.48. The molecular weight excluding hydrogens is 302 g/mol. The van der Waals surface area contributed by atoms with Gasteiger partial charge in [0, 0.05) is 0 Å². The standard InChI is InChI=1S/C16H22ClN3O2/c1-10-6-14(17)18-8-13(10)19-15(22)20-16(9-21)7-11-2-4-12(16)5-3-11/h6,8,11-12,21H,2-5,7,9H2,1H3,(H2,19,20,22). The fourth-order valence-corrected chi connectivity index (χ4v) is 4.23. The highest BCUT2D eigenvalue weighted by atomic mass is 35.5. The van der Waals surface area contributed by atoms with Crippen LogP contribution in [-0.4, -0.2) is 28.3 Å². The van der Waals surface area contributed by atoms with Gasteiger partial charge in [-0.3, -0.25) is 0 Å². The first-order chi connectivity index (χ1) is 10.5. The first kappa shape index (κ1) is 15.6. The fourth-order valence-electron chi connectivity index (χ4n) is 4.02. The maximum Gasteiger partial charge on any atom is 0.319 e. The third kappa shape index (κ3) is 2.92. The van der Waals surface area contributed by atoms with Crippen LogP contribution in [0, 0.1) is 18.8 Å². The Morgan fingerprint density at radius 3 is 2.73 bits per heavy atom. The van der Waals surface area contributed by atoms with E-state index >= 15 is 0 Å². The lowest BCUT2D eigenvalue weighted by Crippen LogP contribution is -2.62. The third-order valence-corrected chi connectivity index (χ3v) is 5.46. The number of hydrogen-bond acceptors (Lipinski definition) is 3. The largest absolute Gasteiger partial charge is 0.394 e. The van der Waals surface area contributed by atoms with E-state index in [0.717, 1.165) is 24.8 Å². The van der Waals surface area contributed by atoms with Gasteiger partial charge in [-0.2, -0.15) is 0 Å². The molecule has 6 heteroatoms. The van der Waals surface area contributed by atoms with Crippen LogP contribution in [0.4, 0.5) is 10.5 Å². The second-order valence-electron chi connectivity index (χ2n) is 6.64. The molecule has 0 aliphatic heterocycles. The number of aliphatic hydroxyl groups is 1. The molecule has 120 valence electrons. The molecule has 0 spiro atoms. The van der Waals surface area contributed by atoms with Gasteiger partial charge in [-0.05, 0) is 49.7 Å². The monoisotopic (exact) mass is 323 g/mol. The summed E-state index contributed by atoms with van der Waals surface area (Å²) < 4.78 is 0. The van der Waals surface area contributed by atoms with Crippen LogP contribution >= 0.6 is 11.6 Å². The van der Waals surface area contributed by atoms with Gasteiger partial charge in [-0.15, -0.1) is 0 Å². The number of fused-ring (bicyclic) bond motifs is 3. The lowest BCUT2D eigenvalue weighted by Gasteiger charge is -2.51. The number of pyridine rings is 1. The number of aromatic nitrogens is 1. The molecule has 3 aliphatic carbocycles. The lowest BCUT2D eigenvalue weighted by atomic mass is 9.60. The minimum absolute atomic E-state index is 0.000559. The predicted octanol–water partition coefficient (Wildman–Crippen LogP) is 3.11. The number of halogens is 1. The summed E-state index contributed by atoms with van der Waals surface area (Å²) in [4.78, 5) is 16.4. The van der Waals surface area contributed by atoms with E-state index in [-0.39, 0.29) is 12.6 Å². The van der Waals surface area contributed by atoms with E-state index < -0.39 is 5.54 Å². The molecule has 0 radical (unpaired) electrons. The van der Waals surface area contributed by atoms with E-state index in [1.165, 1.54) is 12.8 Å². The SMILES string of the molecule is Cc1cc(Cl)ncc1NC(=O)NC1(CO)CC2CCC1CC2. The molecule has 1 atom stereocenters. The summed E-state index contributed by atoms with van der Waals surface area (Å²) in [6.45, 7) is 1.87. The fraction of sp³-hybridized carbons (Fsp3) is 0.625. The van der Waals surface area contributed by atoms with Gasteiger partial charge in [0.2, 0.25) is 0 Å². The first-order valence-electron chi connectivity index (χ1n) is 7.84. The number of amides is 2. The highest BCUT2D eigenvalue weighted by molar-refractivity contribution is 6.29. The number of carbonyl (C=O) groups excluding carboxylic acids is 1. The van der Waals surface area contributed by atoms with Crippen LogP contribution in [0.25, 0.3) is 0 Å². The zero-order valence-electron chi connectivity index (χ0n) is 12.7. The molecule has 5 nitrogen and oxygen atoms in total. The molecule has 3 fully saturated rings. The number of aliphatic hydroxyl groups excluding tert-OH is 1. The van der Waals surface area contributed by atoms with Gasteiger partial charge in [0.05, 0.1) is 24.0 Å². The molecule has 0 aromatic carbocycles. The second-order valence-corrected chi connectivity index (χ2v) is 7.02. The Bertz CT molecular complexity index is 573. The number of nitrogens with zero attached hydrogens (tertiary/aromatic N) is 1. The molecular formula is C16H22ClN3O2. The van der Waals surface area contributed by atoms with Crippen LogP contribution in [0.1, 0.15) is 37.7 Å². The molecule has 4 rings (SSSR count). The van der Waals surface area contributed by atoms with E-state index in [9.17, 15) is 9.90 Å². The number of carbonyl (C=O) groups is 1. The normalized spacial score (nSPS) is 30.1. The summed E-state index contributed by atoms with van der Waals surface area (Å²) in [5.74, 6) is 0.995. The molecule has 1 unspecified atom stereocenters. The van der Waals surface area contributed by atoms with Crippen molar-refractivity contribution in [1.82, 2.24) is 10.3 Å². The quantitative estimate of drug-likeness (QED) is 0.748. The molecule has 22 heavy (non-hydrogen) atoms. The van der Waals surface area contributed by atoms with Gasteiger partial charge in [0.1, 0.15) is 5.15 Å². The Balaban J connectivity index is 1.70. The Kier molecular flexibility index (Phi) is 4.28. The summed E-state index contributed by atoms with van der Waals surface area (Å²) in [7, 11) is 0. The van der Waals surface area contributed by atoms with Gasteiger partial charge in [0.25, 0.3) is 0 Å². The van der Waals surface area contributed by atoms with Crippen molar-refractivity contribution in [3.05, 3.63) is 23.0 Å². The van der Waals surface area contributed by atoms with Crippen molar-refractivity contribution >= 4 is 23.3 Å². The molecule has 1 aromatic heterocycles. The van der Waals surface area contributed by atoms with Gasteiger partial charge in [-0.1, -0.05) is 24.4 Å². The van der Waals surface area contributed by atoms with Crippen molar-refractivity contribution in [2.45, 2.75) is 44.6 Å². The maximum atomic E-state index is 12.4. The maximum absolute atomic E-state index is 12.4. The van der Waals surface area contributed by atoms with E-state index in [1.807, 2.05) is 6.92 Å². The molecule has 3 N–H and O–H groups in total. The second kappa shape index (κ2) is 6.05. The average Bonchev–Trinajstić information content (AvgIpc) is 2.51. The Morgan fingerprint density at radius 2 is 2.18 bits per heavy atom. The van der Waals surface area contributed by atoms with Crippen molar-refractivity contribution in [1.29, 1.82) is 0 Å². The van der Waals surface area contributed by atoms with Crippen molar-refractivity contribution in [3.8, 4) is 0 Å². The zero-order valence-corrected chi connectivity index (χ0v) is 13.5. The summed E-state index contributed by atoms with van der Waals surface area (Å²) in [5.41, 5.74) is 1.02. The van der Waals surface area contributed by atoms with E-state index in [1.54, 1.807) is 12.3 Å². The van der Waals surface area contributed by atoms with Crippen molar-refractivity contribution in [2.75, 3.05) is 11.9 Å². The van der Waals surface area contributed by atoms with Crippen molar-refractivity contribution in [3.63, 3.8) is 0 Å². The van der Waals surface area contributed by atoms with E-state index in [2.05, 4.69) is 15.6 Å². The molecule has 2 bridgehead atoms. The Labute approximate surface area is 135 Å². The van der Waals surface area contributed by atoms with Gasteiger partial charge < -0.3 is 15.7 Å². The number of anilines is 1. The molecule has 1 heterocycles. The van der Waals surface area contributed by atoms with Crippen molar-refractivity contribution in [2.24, 2.45) is 11.8 Å². The minimum atomic E-state index is -0.473. The molecule has 3 saturated carbocycles. The topological polar surface area (TPSA) is 74.2 Å². The minimum Gasteiger partial charge on any atom is -0.394 e. The highest BCUT2D eigenvalue weighted by Crippen LogP contribution is 2.47. The number of hydrogen-bond donors (Lipinski definition) is 3. The van der Waals surface area contributed by atoms with Gasteiger partial charge >= 0.3 is 6.03 Å². The zero-order chi connectivity index (χ0) is 15.7. The van der Waals surface area contributed by atoms with Crippen LogP contribution in [0.5, 0.6) is 0 Å². The van der Waals surface area contributed by atoms with Crippen LogP contribution in [0.2, 0.25) is 5.15 Å². The summed E-state index contributed by atoms with van der Waals surface area (Å²) >= 11 is 5.82. The summed E-state index contributed by atoms with van der Waals surface area (Å²) in [6, 6.07) is 1.43. The Morgan fingerprint density at radius 1 is 1.45 bits per heavy atom. The van der Waals surface area contributed by atoms with Gasteiger partial charge in [-0.25, -0.2) is 9.78 Å². The third-order valence-electron chi connectivity index (χ3n) is 5.25. The van der Waals surface area contributed by atoms with Crippen molar-refractivity contribution < 1.29 is 9.90 Å². The smallest absolute Gasteiger partial charge is 0.319 e. The summed E-state index contributed by atoms with van der Waals surface area (Å²) in [6.07, 6.45) is 7.04. The van der Waals surface area contributed by atoms with Crippen LogP contribution < -0.4 is 10.6 Å². The van der Waals surface area contributed by atoms with Crippen LogP contribution in [-0.2, 0) is 0 Å². The van der Waals surface area contributed by atoms with Crippen LogP contribution in [0.3, 0.4) is 0 Å². The number of rotatable bonds is 3. The average molecular weight is 324 g/mol. The van der Waals surface area contributed by atoms with E-state index in [4.69, 9.17) is 11.6 Å². The molecule has 0 saturated heterocycles.